The number of aldehydes is 1. The first-order chi connectivity index (χ1) is 6.19. The SMILES string of the molecule is Cc1ccc(C(C=O)CBr)c(C)c1. The molecule has 1 atom stereocenters. The van der Waals surface area contributed by atoms with Crippen LogP contribution in [0.4, 0.5) is 0 Å². The quantitative estimate of drug-likeness (QED) is 0.587. The summed E-state index contributed by atoms with van der Waals surface area (Å²) in [5, 5.41) is 0.695. The average Bonchev–Trinajstić information content (AvgIpc) is 2.10. The Hall–Kier alpha value is -0.630. The lowest BCUT2D eigenvalue weighted by molar-refractivity contribution is -0.108. The van der Waals surface area contributed by atoms with E-state index in [1.165, 1.54) is 11.1 Å². The smallest absolute Gasteiger partial charge is 0.128 e. The van der Waals surface area contributed by atoms with E-state index in [-0.39, 0.29) is 5.92 Å². The molecule has 0 saturated carbocycles. The molecule has 1 unspecified atom stereocenters. The van der Waals surface area contributed by atoms with E-state index in [9.17, 15) is 4.79 Å². The van der Waals surface area contributed by atoms with Crippen molar-refractivity contribution in [3.8, 4) is 0 Å². The number of hydrogen-bond donors (Lipinski definition) is 0. The summed E-state index contributed by atoms with van der Waals surface area (Å²) in [6.07, 6.45) is 0.992. The number of alkyl halides is 1. The summed E-state index contributed by atoms with van der Waals surface area (Å²) in [5.74, 6) is -0.0133. The third kappa shape index (κ3) is 2.41. The number of carbonyl (C=O) groups excluding carboxylic acids is 1. The van der Waals surface area contributed by atoms with Crippen LogP contribution in [-0.2, 0) is 4.79 Å². The monoisotopic (exact) mass is 240 g/mol. The Morgan fingerprint density at radius 2 is 2.15 bits per heavy atom. The molecule has 1 aromatic rings. The van der Waals surface area contributed by atoms with E-state index in [4.69, 9.17) is 0 Å². The van der Waals surface area contributed by atoms with Crippen molar-refractivity contribution in [1.82, 2.24) is 0 Å². The Labute approximate surface area is 87.3 Å². The minimum atomic E-state index is -0.0133. The summed E-state index contributed by atoms with van der Waals surface area (Å²) in [6, 6.07) is 6.18. The van der Waals surface area contributed by atoms with Crippen LogP contribution in [0.1, 0.15) is 22.6 Å². The lowest BCUT2D eigenvalue weighted by atomic mass is 9.96. The first-order valence-corrected chi connectivity index (χ1v) is 5.39. The molecule has 0 saturated heterocycles. The van der Waals surface area contributed by atoms with Gasteiger partial charge in [-0.1, -0.05) is 39.7 Å². The molecule has 0 aliphatic carbocycles. The molecular weight excluding hydrogens is 228 g/mol. The molecule has 1 nitrogen and oxygen atoms in total. The highest BCUT2D eigenvalue weighted by Crippen LogP contribution is 2.20. The molecule has 0 N–H and O–H groups in total. The van der Waals surface area contributed by atoms with E-state index in [0.717, 1.165) is 11.8 Å². The van der Waals surface area contributed by atoms with Crippen LogP contribution in [-0.4, -0.2) is 11.6 Å². The number of hydrogen-bond acceptors (Lipinski definition) is 1. The topological polar surface area (TPSA) is 17.1 Å². The summed E-state index contributed by atoms with van der Waals surface area (Å²) in [4.78, 5) is 10.7. The molecule has 0 amide bonds. The molecule has 1 rings (SSSR count). The second-order valence-electron chi connectivity index (χ2n) is 3.26. The van der Waals surface area contributed by atoms with Crippen LogP contribution in [0.2, 0.25) is 0 Å². The summed E-state index contributed by atoms with van der Waals surface area (Å²) in [5.41, 5.74) is 3.55. The van der Waals surface area contributed by atoms with Gasteiger partial charge in [0, 0.05) is 11.2 Å². The zero-order valence-electron chi connectivity index (χ0n) is 7.88. The standard InChI is InChI=1S/C11H13BrO/c1-8-3-4-11(9(2)5-8)10(6-12)7-13/h3-5,7,10H,6H2,1-2H3. The van der Waals surface area contributed by atoms with Gasteiger partial charge in [-0.25, -0.2) is 0 Å². The fourth-order valence-electron chi connectivity index (χ4n) is 1.43. The molecule has 13 heavy (non-hydrogen) atoms. The molecule has 0 spiro atoms. The lowest BCUT2D eigenvalue weighted by Crippen LogP contribution is -2.03. The molecule has 0 aliphatic rings. The van der Waals surface area contributed by atoms with Crippen LogP contribution >= 0.6 is 15.9 Å². The van der Waals surface area contributed by atoms with Crippen molar-refractivity contribution in [2.24, 2.45) is 0 Å². The fraction of sp³-hybridized carbons (Fsp3) is 0.364. The first-order valence-electron chi connectivity index (χ1n) is 4.27. The summed E-state index contributed by atoms with van der Waals surface area (Å²) in [7, 11) is 0. The summed E-state index contributed by atoms with van der Waals surface area (Å²) >= 11 is 3.33. The van der Waals surface area contributed by atoms with E-state index < -0.39 is 0 Å². The van der Waals surface area contributed by atoms with Gasteiger partial charge in [0.05, 0.1) is 0 Å². The third-order valence-electron chi connectivity index (χ3n) is 2.16. The van der Waals surface area contributed by atoms with Crippen LogP contribution in [0.15, 0.2) is 18.2 Å². The van der Waals surface area contributed by atoms with Gasteiger partial charge in [0.25, 0.3) is 0 Å². The Bertz CT molecular complexity index is 307. The Morgan fingerprint density at radius 1 is 1.46 bits per heavy atom. The predicted molar refractivity (Wildman–Crippen MR) is 58.5 cm³/mol. The highest BCUT2D eigenvalue weighted by atomic mass is 79.9. The number of benzene rings is 1. The van der Waals surface area contributed by atoms with Crippen LogP contribution in [0.3, 0.4) is 0 Å². The van der Waals surface area contributed by atoms with Crippen molar-refractivity contribution in [1.29, 1.82) is 0 Å². The zero-order valence-corrected chi connectivity index (χ0v) is 9.47. The molecule has 1 aromatic carbocycles. The normalized spacial score (nSPS) is 12.5. The second kappa shape index (κ2) is 4.56. The minimum Gasteiger partial charge on any atom is -0.303 e. The van der Waals surface area contributed by atoms with E-state index in [0.29, 0.717) is 5.33 Å². The van der Waals surface area contributed by atoms with Gasteiger partial charge < -0.3 is 4.79 Å². The minimum absolute atomic E-state index is 0.0133. The molecule has 0 aromatic heterocycles. The van der Waals surface area contributed by atoms with E-state index >= 15 is 0 Å². The number of carbonyl (C=O) groups is 1. The maximum absolute atomic E-state index is 10.7. The Morgan fingerprint density at radius 3 is 2.62 bits per heavy atom. The van der Waals surface area contributed by atoms with Crippen molar-refractivity contribution >= 4 is 22.2 Å². The lowest BCUT2D eigenvalue weighted by Gasteiger charge is -2.10. The van der Waals surface area contributed by atoms with Crippen LogP contribution in [0.5, 0.6) is 0 Å². The molecule has 70 valence electrons. The molecule has 0 aliphatic heterocycles. The molecule has 0 fully saturated rings. The van der Waals surface area contributed by atoms with Crippen LogP contribution < -0.4 is 0 Å². The van der Waals surface area contributed by atoms with Gasteiger partial charge in [0.2, 0.25) is 0 Å². The fourth-order valence-corrected chi connectivity index (χ4v) is 1.94. The molecule has 0 bridgehead atoms. The largest absolute Gasteiger partial charge is 0.303 e. The Balaban J connectivity index is 3.06. The number of halogens is 1. The van der Waals surface area contributed by atoms with Crippen LogP contribution in [0.25, 0.3) is 0 Å². The van der Waals surface area contributed by atoms with Gasteiger partial charge in [-0.2, -0.15) is 0 Å². The average molecular weight is 241 g/mol. The van der Waals surface area contributed by atoms with Crippen molar-refractivity contribution in [3.63, 3.8) is 0 Å². The van der Waals surface area contributed by atoms with Crippen molar-refractivity contribution < 1.29 is 4.79 Å². The van der Waals surface area contributed by atoms with E-state index in [2.05, 4.69) is 28.9 Å². The van der Waals surface area contributed by atoms with Gasteiger partial charge >= 0.3 is 0 Å². The van der Waals surface area contributed by atoms with Gasteiger partial charge in [0.15, 0.2) is 0 Å². The number of aryl methyl sites for hydroxylation is 2. The maximum Gasteiger partial charge on any atom is 0.128 e. The third-order valence-corrected chi connectivity index (χ3v) is 2.85. The maximum atomic E-state index is 10.7. The molecule has 0 heterocycles. The van der Waals surface area contributed by atoms with Crippen molar-refractivity contribution in [2.45, 2.75) is 19.8 Å². The van der Waals surface area contributed by atoms with Gasteiger partial charge in [0.1, 0.15) is 6.29 Å². The van der Waals surface area contributed by atoms with E-state index in [1.54, 1.807) is 0 Å². The van der Waals surface area contributed by atoms with Crippen molar-refractivity contribution in [3.05, 3.63) is 34.9 Å². The van der Waals surface area contributed by atoms with E-state index in [1.807, 2.05) is 19.1 Å². The predicted octanol–water partition coefficient (Wildman–Crippen LogP) is 2.98. The van der Waals surface area contributed by atoms with Gasteiger partial charge in [-0.3, -0.25) is 0 Å². The van der Waals surface area contributed by atoms with Crippen molar-refractivity contribution in [2.75, 3.05) is 5.33 Å². The number of rotatable bonds is 3. The molecule has 0 radical (unpaired) electrons. The second-order valence-corrected chi connectivity index (χ2v) is 3.90. The highest BCUT2D eigenvalue weighted by molar-refractivity contribution is 9.09. The Kier molecular flexibility index (Phi) is 3.67. The summed E-state index contributed by atoms with van der Waals surface area (Å²) in [6.45, 7) is 4.10. The zero-order chi connectivity index (χ0) is 9.84. The van der Waals surface area contributed by atoms with Gasteiger partial charge in [-0.15, -0.1) is 0 Å². The van der Waals surface area contributed by atoms with Gasteiger partial charge in [-0.05, 0) is 25.0 Å². The summed E-state index contributed by atoms with van der Waals surface area (Å²) < 4.78 is 0. The first kappa shape index (κ1) is 10.5. The molecule has 2 heteroatoms. The molecular formula is C11H13BrO. The highest BCUT2D eigenvalue weighted by Gasteiger charge is 2.10. The van der Waals surface area contributed by atoms with Crippen LogP contribution in [0, 0.1) is 13.8 Å².